The number of morpholine rings is 1. The van der Waals surface area contributed by atoms with Crippen LogP contribution >= 0.6 is 0 Å². The minimum Gasteiger partial charge on any atom is -0.497 e. The van der Waals surface area contributed by atoms with Crippen LogP contribution in [-0.2, 0) is 4.74 Å². The van der Waals surface area contributed by atoms with Gasteiger partial charge in [0.25, 0.3) is 5.91 Å². The molecule has 2 unspecified atom stereocenters. The Labute approximate surface area is 144 Å². The van der Waals surface area contributed by atoms with Gasteiger partial charge < -0.3 is 19.3 Å². The third kappa shape index (κ3) is 3.90. The SMILES string of the molecule is COc1cccc(C(=O)N2CCC([NH+]3CC(C)OC(C)C3)CC2)c1. The second kappa shape index (κ2) is 7.53. The van der Waals surface area contributed by atoms with Gasteiger partial charge in [0.2, 0.25) is 0 Å². The zero-order valence-corrected chi connectivity index (χ0v) is 15.0. The number of methoxy groups -OCH3 is 1. The zero-order valence-electron chi connectivity index (χ0n) is 15.0. The van der Waals surface area contributed by atoms with Gasteiger partial charge in [-0.2, -0.15) is 0 Å². The summed E-state index contributed by atoms with van der Waals surface area (Å²) in [6, 6.07) is 8.08. The molecule has 2 aliphatic rings. The Morgan fingerprint density at radius 2 is 1.88 bits per heavy atom. The first-order chi connectivity index (χ1) is 11.6. The molecular formula is C19H29N2O3+. The van der Waals surface area contributed by atoms with Crippen molar-refractivity contribution in [3.8, 4) is 5.75 Å². The van der Waals surface area contributed by atoms with Gasteiger partial charge in [0.1, 0.15) is 31.0 Å². The highest BCUT2D eigenvalue weighted by Crippen LogP contribution is 2.17. The first-order valence-corrected chi connectivity index (χ1v) is 9.00. The highest BCUT2D eigenvalue weighted by molar-refractivity contribution is 5.94. The maximum atomic E-state index is 12.7. The number of hydrogen-bond acceptors (Lipinski definition) is 3. The van der Waals surface area contributed by atoms with Crippen molar-refractivity contribution in [3.05, 3.63) is 29.8 Å². The van der Waals surface area contributed by atoms with Crippen LogP contribution in [0.2, 0.25) is 0 Å². The first-order valence-electron chi connectivity index (χ1n) is 9.00. The molecule has 1 aromatic carbocycles. The largest absolute Gasteiger partial charge is 0.497 e. The van der Waals surface area contributed by atoms with Crippen molar-refractivity contribution >= 4 is 5.91 Å². The van der Waals surface area contributed by atoms with E-state index in [4.69, 9.17) is 9.47 Å². The van der Waals surface area contributed by atoms with E-state index in [0.29, 0.717) is 23.8 Å². The van der Waals surface area contributed by atoms with E-state index in [1.54, 1.807) is 12.0 Å². The van der Waals surface area contributed by atoms with Crippen molar-refractivity contribution in [3.63, 3.8) is 0 Å². The number of carbonyl (C=O) groups is 1. The van der Waals surface area contributed by atoms with E-state index in [-0.39, 0.29) is 5.91 Å². The smallest absolute Gasteiger partial charge is 0.253 e. The van der Waals surface area contributed by atoms with Gasteiger partial charge in [-0.25, -0.2) is 0 Å². The van der Waals surface area contributed by atoms with Gasteiger partial charge in [0, 0.05) is 31.5 Å². The van der Waals surface area contributed by atoms with Crippen LogP contribution in [-0.4, -0.2) is 62.3 Å². The Morgan fingerprint density at radius 1 is 1.21 bits per heavy atom. The van der Waals surface area contributed by atoms with Gasteiger partial charge in [-0.15, -0.1) is 0 Å². The number of amides is 1. The molecular weight excluding hydrogens is 304 g/mol. The van der Waals surface area contributed by atoms with Gasteiger partial charge in [-0.05, 0) is 32.0 Å². The van der Waals surface area contributed by atoms with Gasteiger partial charge in [-0.3, -0.25) is 4.79 Å². The lowest BCUT2D eigenvalue weighted by Gasteiger charge is -2.41. The molecule has 0 aliphatic carbocycles. The molecule has 2 fully saturated rings. The zero-order chi connectivity index (χ0) is 17.1. The van der Waals surface area contributed by atoms with Gasteiger partial charge >= 0.3 is 0 Å². The molecule has 2 atom stereocenters. The average Bonchev–Trinajstić information content (AvgIpc) is 2.60. The standard InChI is InChI=1S/C19H28N2O3/c1-14-12-21(13-15(2)24-14)17-7-9-20(10-8-17)19(22)16-5-4-6-18(11-16)23-3/h4-6,11,14-15,17H,7-10,12-13H2,1-3H3/p+1. The molecule has 0 bridgehead atoms. The first kappa shape index (κ1) is 17.2. The van der Waals surface area contributed by atoms with Gasteiger partial charge in [0.15, 0.2) is 0 Å². The van der Waals surface area contributed by atoms with Crippen LogP contribution in [0.3, 0.4) is 0 Å². The molecule has 3 rings (SSSR count). The van der Waals surface area contributed by atoms with E-state index in [2.05, 4.69) is 13.8 Å². The second-order valence-electron chi connectivity index (χ2n) is 7.12. The van der Waals surface area contributed by atoms with E-state index < -0.39 is 0 Å². The molecule has 2 saturated heterocycles. The molecule has 0 saturated carbocycles. The number of quaternary nitrogens is 1. The lowest BCUT2D eigenvalue weighted by Crippen LogP contribution is -3.19. The molecule has 132 valence electrons. The third-order valence-corrected chi connectivity index (χ3v) is 5.24. The van der Waals surface area contributed by atoms with Crippen molar-refractivity contribution in [1.82, 2.24) is 4.90 Å². The van der Waals surface area contributed by atoms with Crippen LogP contribution in [0.15, 0.2) is 24.3 Å². The lowest BCUT2D eigenvalue weighted by atomic mass is 10.0. The Bertz CT molecular complexity index is 559. The molecule has 2 aliphatic heterocycles. The van der Waals surface area contributed by atoms with Crippen LogP contribution in [0, 0.1) is 0 Å². The number of nitrogens with one attached hydrogen (secondary N) is 1. The molecule has 1 N–H and O–H groups in total. The topological polar surface area (TPSA) is 43.2 Å². The van der Waals surface area contributed by atoms with Crippen LogP contribution in [0.4, 0.5) is 0 Å². The summed E-state index contributed by atoms with van der Waals surface area (Å²) < 4.78 is 11.1. The number of likely N-dealkylation sites (tertiary alicyclic amines) is 1. The Morgan fingerprint density at radius 3 is 2.50 bits per heavy atom. The van der Waals surface area contributed by atoms with Gasteiger partial charge in [-0.1, -0.05) is 6.07 Å². The number of nitrogens with zero attached hydrogens (tertiary/aromatic N) is 1. The Balaban J connectivity index is 1.57. The Hall–Kier alpha value is -1.59. The van der Waals surface area contributed by atoms with Crippen molar-refractivity contribution in [2.24, 2.45) is 0 Å². The van der Waals surface area contributed by atoms with Crippen molar-refractivity contribution < 1.29 is 19.2 Å². The van der Waals surface area contributed by atoms with E-state index in [1.807, 2.05) is 29.2 Å². The molecule has 5 heteroatoms. The molecule has 24 heavy (non-hydrogen) atoms. The number of ether oxygens (including phenoxy) is 2. The molecule has 2 heterocycles. The van der Waals surface area contributed by atoms with Crippen LogP contribution in [0.1, 0.15) is 37.0 Å². The molecule has 0 aromatic heterocycles. The quantitative estimate of drug-likeness (QED) is 0.897. The van der Waals surface area contributed by atoms with Crippen LogP contribution < -0.4 is 9.64 Å². The summed E-state index contributed by atoms with van der Waals surface area (Å²) in [5.41, 5.74) is 0.716. The number of rotatable bonds is 3. The molecule has 0 spiro atoms. The number of carbonyl (C=O) groups excluding carboxylic acids is 1. The maximum Gasteiger partial charge on any atom is 0.253 e. The third-order valence-electron chi connectivity index (χ3n) is 5.24. The van der Waals surface area contributed by atoms with Crippen LogP contribution in [0.25, 0.3) is 0 Å². The summed E-state index contributed by atoms with van der Waals surface area (Å²) in [7, 11) is 1.63. The van der Waals surface area contributed by atoms with Crippen LogP contribution in [0.5, 0.6) is 5.75 Å². The monoisotopic (exact) mass is 333 g/mol. The summed E-state index contributed by atoms with van der Waals surface area (Å²) in [6.45, 7) is 8.17. The van der Waals surface area contributed by atoms with Crippen molar-refractivity contribution in [1.29, 1.82) is 0 Å². The lowest BCUT2D eigenvalue weighted by molar-refractivity contribution is -0.940. The minimum atomic E-state index is 0.117. The molecule has 0 radical (unpaired) electrons. The van der Waals surface area contributed by atoms with Crippen molar-refractivity contribution in [2.45, 2.75) is 44.9 Å². The molecule has 5 nitrogen and oxygen atoms in total. The summed E-state index contributed by atoms with van der Waals surface area (Å²) >= 11 is 0. The molecule has 1 aromatic rings. The number of benzene rings is 1. The highest BCUT2D eigenvalue weighted by atomic mass is 16.5. The fraction of sp³-hybridized carbons (Fsp3) is 0.632. The average molecular weight is 333 g/mol. The Kier molecular flexibility index (Phi) is 5.41. The fourth-order valence-corrected chi connectivity index (χ4v) is 4.08. The second-order valence-corrected chi connectivity index (χ2v) is 7.12. The highest BCUT2D eigenvalue weighted by Gasteiger charge is 2.34. The predicted octanol–water partition coefficient (Wildman–Crippen LogP) is 0.992. The van der Waals surface area contributed by atoms with Crippen molar-refractivity contribution in [2.75, 3.05) is 33.3 Å². The predicted molar refractivity (Wildman–Crippen MR) is 92.6 cm³/mol. The van der Waals surface area contributed by atoms with E-state index in [1.165, 1.54) is 0 Å². The minimum absolute atomic E-state index is 0.117. The summed E-state index contributed by atoms with van der Waals surface area (Å²) in [5.74, 6) is 0.850. The van der Waals surface area contributed by atoms with E-state index in [0.717, 1.165) is 44.8 Å². The fourth-order valence-electron chi connectivity index (χ4n) is 4.08. The maximum absolute atomic E-state index is 12.7. The summed E-state index contributed by atoms with van der Waals surface area (Å²) in [6.07, 6.45) is 2.81. The number of hydrogen-bond donors (Lipinski definition) is 1. The van der Waals surface area contributed by atoms with Gasteiger partial charge in [0.05, 0.1) is 13.2 Å². The summed E-state index contributed by atoms with van der Waals surface area (Å²) in [4.78, 5) is 16.3. The number of piperidine rings is 1. The normalized spacial score (nSPS) is 28.6. The molecule has 1 amide bonds. The van der Waals surface area contributed by atoms with E-state index in [9.17, 15) is 4.79 Å². The summed E-state index contributed by atoms with van der Waals surface area (Å²) in [5, 5.41) is 0. The van der Waals surface area contributed by atoms with E-state index >= 15 is 0 Å².